The second-order valence-electron chi connectivity index (χ2n) is 5.07. The van der Waals surface area contributed by atoms with Crippen molar-refractivity contribution in [3.8, 4) is 5.75 Å². The summed E-state index contributed by atoms with van der Waals surface area (Å²) in [6.07, 6.45) is 0. The Morgan fingerprint density at radius 1 is 1.00 bits per heavy atom. The number of esters is 1. The Balaban J connectivity index is 1.97. The molecule has 9 heteroatoms. The molecule has 0 saturated heterocycles. The van der Waals surface area contributed by atoms with Gasteiger partial charge in [0, 0.05) is 22.2 Å². The van der Waals surface area contributed by atoms with E-state index in [9.17, 15) is 19.5 Å². The molecule has 1 aromatic heterocycles. The van der Waals surface area contributed by atoms with E-state index >= 15 is 0 Å². The van der Waals surface area contributed by atoms with Crippen molar-refractivity contribution >= 4 is 90.7 Å². The fourth-order valence-corrected chi connectivity index (χ4v) is 6.22. The summed E-state index contributed by atoms with van der Waals surface area (Å²) in [7, 11) is 0. The molecule has 0 saturated carbocycles. The Bertz CT molecular complexity index is 1100. The molecule has 0 fully saturated rings. The Morgan fingerprint density at radius 3 is 2.27 bits per heavy atom. The van der Waals surface area contributed by atoms with Crippen LogP contribution < -0.4 is 15.5 Å². The maximum atomic E-state index is 12.5. The van der Waals surface area contributed by atoms with Crippen molar-refractivity contribution in [1.82, 2.24) is 0 Å². The predicted octanol–water partition coefficient (Wildman–Crippen LogP) is 3.19. The third-order valence-corrected chi connectivity index (χ3v) is 5.67. The van der Waals surface area contributed by atoms with Crippen LogP contribution in [0.15, 0.2) is 45.6 Å². The van der Waals surface area contributed by atoms with Crippen molar-refractivity contribution in [3.63, 3.8) is 0 Å². The molecule has 0 atom stereocenters. The number of halogens is 3. The van der Waals surface area contributed by atoms with Gasteiger partial charge in [-0.15, -0.1) is 0 Å². The quantitative estimate of drug-likeness (QED) is 0.182. The van der Waals surface area contributed by atoms with Crippen LogP contribution >= 0.6 is 67.8 Å². The summed E-state index contributed by atoms with van der Waals surface area (Å²) >= 11 is 6.30. The lowest BCUT2D eigenvalue weighted by molar-refractivity contribution is -0.255. The van der Waals surface area contributed by atoms with Crippen LogP contribution in [-0.2, 0) is 0 Å². The van der Waals surface area contributed by atoms with E-state index in [0.29, 0.717) is 10.9 Å². The third-order valence-electron chi connectivity index (χ3n) is 3.35. The molecular formula is C17H6I3O6-. The van der Waals surface area contributed by atoms with Gasteiger partial charge in [-0.2, -0.15) is 0 Å². The first-order valence-electron chi connectivity index (χ1n) is 6.92. The molecule has 3 aromatic rings. The fourth-order valence-electron chi connectivity index (χ4n) is 2.19. The minimum absolute atomic E-state index is 0.109. The first kappa shape index (κ1) is 19.5. The summed E-state index contributed by atoms with van der Waals surface area (Å²) in [6.45, 7) is 0. The van der Waals surface area contributed by atoms with Crippen LogP contribution in [0.5, 0.6) is 5.75 Å². The Hall–Kier alpha value is -1.22. The van der Waals surface area contributed by atoms with Gasteiger partial charge in [0.2, 0.25) is 0 Å². The number of fused-ring (bicyclic) bond motifs is 1. The van der Waals surface area contributed by atoms with Crippen LogP contribution in [0.3, 0.4) is 0 Å². The summed E-state index contributed by atoms with van der Waals surface area (Å²) in [5, 5.41) is 11.3. The number of carbonyl (C=O) groups is 2. The summed E-state index contributed by atoms with van der Waals surface area (Å²) in [4.78, 5) is 35.0. The third kappa shape index (κ3) is 4.03. The molecule has 0 radical (unpaired) electrons. The maximum absolute atomic E-state index is 12.5. The molecule has 0 aliphatic rings. The molecule has 132 valence electrons. The standard InChI is InChI=1S/C17H7I3O6/c18-8-4-11(19)14(12(20)5-8)17(24)25-9-2-1-7-3-10(15(21)22)16(23)26-13(7)6-9/h1-6H,(H,21,22)/p-1. The van der Waals surface area contributed by atoms with E-state index in [-0.39, 0.29) is 11.3 Å². The highest BCUT2D eigenvalue weighted by Gasteiger charge is 2.18. The molecule has 2 aromatic carbocycles. The molecule has 6 nitrogen and oxygen atoms in total. The lowest BCUT2D eigenvalue weighted by Gasteiger charge is -2.09. The van der Waals surface area contributed by atoms with Crippen molar-refractivity contribution < 1.29 is 23.8 Å². The van der Waals surface area contributed by atoms with Gasteiger partial charge >= 0.3 is 11.6 Å². The van der Waals surface area contributed by atoms with E-state index in [1.807, 2.05) is 12.1 Å². The highest BCUT2D eigenvalue weighted by atomic mass is 127. The van der Waals surface area contributed by atoms with E-state index in [2.05, 4.69) is 67.8 Å². The van der Waals surface area contributed by atoms with E-state index in [0.717, 1.165) is 16.8 Å². The summed E-state index contributed by atoms with van der Waals surface area (Å²) in [5.74, 6) is -1.97. The zero-order valence-corrected chi connectivity index (χ0v) is 19.0. The summed E-state index contributed by atoms with van der Waals surface area (Å²) < 4.78 is 12.9. The smallest absolute Gasteiger partial charge is 0.345 e. The van der Waals surface area contributed by atoms with Crippen molar-refractivity contribution in [2.75, 3.05) is 0 Å². The number of hydrogen-bond donors (Lipinski definition) is 0. The van der Waals surface area contributed by atoms with Gasteiger partial charge in [-0.25, -0.2) is 9.59 Å². The second kappa shape index (κ2) is 7.80. The van der Waals surface area contributed by atoms with Gasteiger partial charge in [0.25, 0.3) is 0 Å². The molecule has 1 heterocycles. The Kier molecular flexibility index (Phi) is 5.86. The maximum Gasteiger partial charge on any atom is 0.345 e. The zero-order chi connectivity index (χ0) is 19.0. The summed E-state index contributed by atoms with van der Waals surface area (Å²) in [5.41, 5.74) is -1.04. The lowest BCUT2D eigenvalue weighted by Crippen LogP contribution is -2.28. The predicted molar refractivity (Wildman–Crippen MR) is 116 cm³/mol. The molecular weight excluding hydrogens is 681 g/mol. The molecule has 0 unspecified atom stereocenters. The van der Waals surface area contributed by atoms with E-state index in [1.165, 1.54) is 18.2 Å². The topological polar surface area (TPSA) is 96.6 Å². The molecule has 3 rings (SSSR count). The number of aromatic carboxylic acids is 1. The molecule has 0 amide bonds. The molecule has 0 N–H and O–H groups in total. The highest BCUT2D eigenvalue weighted by Crippen LogP contribution is 2.26. The Morgan fingerprint density at radius 2 is 1.65 bits per heavy atom. The number of rotatable bonds is 3. The second-order valence-corrected chi connectivity index (χ2v) is 8.64. The van der Waals surface area contributed by atoms with Crippen LogP contribution in [0.4, 0.5) is 0 Å². The normalized spacial score (nSPS) is 10.7. The van der Waals surface area contributed by atoms with Crippen LogP contribution in [0, 0.1) is 10.7 Å². The summed E-state index contributed by atoms with van der Waals surface area (Å²) in [6, 6.07) is 9.23. The van der Waals surface area contributed by atoms with E-state index in [4.69, 9.17) is 9.15 Å². The van der Waals surface area contributed by atoms with Crippen molar-refractivity contribution in [2.24, 2.45) is 0 Å². The lowest BCUT2D eigenvalue weighted by atomic mass is 10.2. The van der Waals surface area contributed by atoms with Gasteiger partial charge in [0.1, 0.15) is 11.3 Å². The number of benzene rings is 2. The van der Waals surface area contributed by atoms with Crippen molar-refractivity contribution in [2.45, 2.75) is 0 Å². The van der Waals surface area contributed by atoms with Gasteiger partial charge in [-0.3, -0.25) is 0 Å². The molecule has 0 bridgehead atoms. The van der Waals surface area contributed by atoms with Crippen LogP contribution in [-0.4, -0.2) is 11.9 Å². The van der Waals surface area contributed by atoms with Gasteiger partial charge < -0.3 is 19.1 Å². The molecule has 0 aliphatic carbocycles. The average Bonchev–Trinajstić information content (AvgIpc) is 2.52. The monoisotopic (exact) mass is 687 g/mol. The largest absolute Gasteiger partial charge is 0.545 e. The van der Waals surface area contributed by atoms with E-state index in [1.54, 1.807) is 0 Å². The number of carboxylic acid groups (broad SMARTS) is 1. The minimum Gasteiger partial charge on any atom is -0.545 e. The SMILES string of the molecule is O=C(Oc1ccc2cc(C(=O)[O-])c(=O)oc2c1)c1c(I)cc(I)cc1I. The van der Waals surface area contributed by atoms with Crippen molar-refractivity contribution in [3.05, 3.63) is 68.7 Å². The highest BCUT2D eigenvalue weighted by molar-refractivity contribution is 14.1. The van der Waals surface area contributed by atoms with E-state index < -0.39 is 23.1 Å². The van der Waals surface area contributed by atoms with Crippen LogP contribution in [0.2, 0.25) is 0 Å². The Labute approximate surface area is 187 Å². The van der Waals surface area contributed by atoms with Gasteiger partial charge in [0.15, 0.2) is 0 Å². The van der Waals surface area contributed by atoms with Crippen LogP contribution in [0.25, 0.3) is 11.0 Å². The minimum atomic E-state index is -1.61. The average molecular weight is 687 g/mol. The molecule has 26 heavy (non-hydrogen) atoms. The van der Waals surface area contributed by atoms with Gasteiger partial charge in [-0.1, -0.05) is 0 Å². The molecule has 0 spiro atoms. The molecule has 0 aliphatic heterocycles. The zero-order valence-electron chi connectivity index (χ0n) is 12.5. The van der Waals surface area contributed by atoms with Gasteiger partial charge in [0.05, 0.1) is 17.1 Å². The van der Waals surface area contributed by atoms with Crippen molar-refractivity contribution in [1.29, 1.82) is 0 Å². The number of ether oxygens (including phenoxy) is 1. The number of hydrogen-bond acceptors (Lipinski definition) is 6. The van der Waals surface area contributed by atoms with Gasteiger partial charge in [-0.05, 0) is 98.1 Å². The first-order valence-corrected chi connectivity index (χ1v) is 10.2. The number of carbonyl (C=O) groups excluding carboxylic acids is 2. The number of carboxylic acids is 1. The fraction of sp³-hybridized carbons (Fsp3) is 0. The first-order chi connectivity index (χ1) is 12.3. The van der Waals surface area contributed by atoms with Crippen LogP contribution in [0.1, 0.15) is 20.7 Å².